The van der Waals surface area contributed by atoms with E-state index in [-0.39, 0.29) is 5.91 Å². The molecule has 0 aliphatic carbocycles. The lowest BCUT2D eigenvalue weighted by atomic mass is 10.2. The predicted molar refractivity (Wildman–Crippen MR) is 159 cm³/mol. The van der Waals surface area contributed by atoms with Crippen molar-refractivity contribution < 1.29 is 14.7 Å². The quantitative estimate of drug-likeness (QED) is 0.203. The molecule has 2 aromatic carbocycles. The number of carbonyl (C=O) groups is 2. The topological polar surface area (TPSA) is 78.7 Å². The molecule has 1 aliphatic rings. The summed E-state index contributed by atoms with van der Waals surface area (Å²) >= 11 is 13.6. The molecule has 0 spiro atoms. The Hall–Kier alpha value is -2.68. The zero-order valence-electron chi connectivity index (χ0n) is 22.5. The standard InChI is InChI=1S/C29H34Cl2N4O3S/c1-4-5-6-13-35-19-25(32-26(35)20-7-10-22(11-8-20)39-29(2,3)28(37)38)27(36)34-16-14-33(15-17-34)21-9-12-23(30)24(31)18-21/h7-12,18-19H,4-6,13-17H2,1-3H3,(H,37,38). The Labute approximate surface area is 244 Å². The second-order valence-electron chi connectivity index (χ2n) is 10.2. The van der Waals surface area contributed by atoms with Crippen molar-refractivity contribution >= 4 is 52.5 Å². The van der Waals surface area contributed by atoms with Crippen molar-refractivity contribution in [1.82, 2.24) is 14.5 Å². The number of benzene rings is 2. The zero-order valence-corrected chi connectivity index (χ0v) is 24.8. The fourth-order valence-corrected chi connectivity index (χ4v) is 5.71. The van der Waals surface area contributed by atoms with Gasteiger partial charge in [0.1, 0.15) is 16.3 Å². The monoisotopic (exact) mass is 588 g/mol. The average Bonchev–Trinajstić information content (AvgIpc) is 3.34. The number of aromatic nitrogens is 2. The van der Waals surface area contributed by atoms with Gasteiger partial charge in [-0.1, -0.05) is 55.1 Å². The van der Waals surface area contributed by atoms with Crippen LogP contribution >= 0.6 is 35.0 Å². The van der Waals surface area contributed by atoms with Crippen LogP contribution in [0.4, 0.5) is 5.69 Å². The van der Waals surface area contributed by atoms with Crippen molar-refractivity contribution in [3.8, 4) is 11.4 Å². The van der Waals surface area contributed by atoms with Gasteiger partial charge in [0.25, 0.3) is 5.91 Å². The largest absolute Gasteiger partial charge is 0.480 e. The summed E-state index contributed by atoms with van der Waals surface area (Å²) in [6.07, 6.45) is 5.06. The Kier molecular flexibility index (Phi) is 9.51. The molecule has 2 heterocycles. The molecule has 0 atom stereocenters. The number of carbonyl (C=O) groups excluding carboxylic acids is 1. The molecule has 208 valence electrons. The minimum Gasteiger partial charge on any atom is -0.480 e. The molecule has 10 heteroatoms. The Morgan fingerprint density at radius 2 is 1.69 bits per heavy atom. The predicted octanol–water partition coefficient (Wildman–Crippen LogP) is 6.96. The normalized spacial score (nSPS) is 14.1. The van der Waals surface area contributed by atoms with E-state index in [9.17, 15) is 14.7 Å². The molecule has 1 aromatic heterocycles. The van der Waals surface area contributed by atoms with Gasteiger partial charge in [-0.15, -0.1) is 11.8 Å². The lowest BCUT2D eigenvalue weighted by molar-refractivity contribution is -0.138. The summed E-state index contributed by atoms with van der Waals surface area (Å²) in [5.74, 6) is -0.184. The third-order valence-electron chi connectivity index (χ3n) is 6.83. The van der Waals surface area contributed by atoms with Gasteiger partial charge in [0, 0.05) is 55.1 Å². The first-order valence-electron chi connectivity index (χ1n) is 13.2. The first-order chi connectivity index (χ1) is 18.6. The van der Waals surface area contributed by atoms with Crippen LogP contribution in [-0.2, 0) is 11.3 Å². The highest BCUT2D eigenvalue weighted by Crippen LogP contribution is 2.34. The molecule has 0 radical (unpaired) electrons. The maximum Gasteiger partial charge on any atom is 0.319 e. The smallest absolute Gasteiger partial charge is 0.319 e. The highest BCUT2D eigenvalue weighted by Gasteiger charge is 2.29. The van der Waals surface area contributed by atoms with Gasteiger partial charge in [-0.3, -0.25) is 9.59 Å². The van der Waals surface area contributed by atoms with Gasteiger partial charge in [0.05, 0.1) is 10.0 Å². The van der Waals surface area contributed by atoms with Gasteiger partial charge in [0.2, 0.25) is 0 Å². The first kappa shape index (κ1) is 29.3. The van der Waals surface area contributed by atoms with Gasteiger partial charge in [-0.2, -0.15) is 0 Å². The summed E-state index contributed by atoms with van der Waals surface area (Å²) in [6, 6.07) is 13.3. The Morgan fingerprint density at radius 3 is 2.31 bits per heavy atom. The lowest BCUT2D eigenvalue weighted by Gasteiger charge is -2.36. The SMILES string of the molecule is CCCCCn1cc(C(=O)N2CCN(c3ccc(Cl)c(Cl)c3)CC2)nc1-c1ccc(SC(C)(C)C(=O)O)cc1. The summed E-state index contributed by atoms with van der Waals surface area (Å²) in [7, 11) is 0. The summed E-state index contributed by atoms with van der Waals surface area (Å²) in [4.78, 5) is 34.7. The van der Waals surface area contributed by atoms with Crippen LogP contribution in [0.25, 0.3) is 11.4 Å². The molecular formula is C29H34Cl2N4O3S. The molecule has 4 rings (SSSR count). The van der Waals surface area contributed by atoms with E-state index in [4.69, 9.17) is 28.2 Å². The highest BCUT2D eigenvalue weighted by molar-refractivity contribution is 8.01. The van der Waals surface area contributed by atoms with Crippen LogP contribution in [0.5, 0.6) is 0 Å². The van der Waals surface area contributed by atoms with Crippen molar-refractivity contribution in [3.63, 3.8) is 0 Å². The summed E-state index contributed by atoms with van der Waals surface area (Å²) in [6.45, 7) is 8.88. The molecule has 1 saturated heterocycles. The van der Waals surface area contributed by atoms with Crippen molar-refractivity contribution in [1.29, 1.82) is 0 Å². The molecule has 1 aliphatic heterocycles. The Morgan fingerprint density at radius 1 is 1.00 bits per heavy atom. The van der Waals surface area contributed by atoms with E-state index in [1.165, 1.54) is 11.8 Å². The van der Waals surface area contributed by atoms with E-state index < -0.39 is 10.7 Å². The number of thioether (sulfide) groups is 1. The summed E-state index contributed by atoms with van der Waals surface area (Å²) in [5.41, 5.74) is 2.33. The van der Waals surface area contributed by atoms with Crippen molar-refractivity contribution in [3.05, 3.63) is 64.4 Å². The number of hydrogen-bond acceptors (Lipinski definition) is 5. The molecule has 0 unspecified atom stereocenters. The van der Waals surface area contributed by atoms with E-state index in [0.717, 1.165) is 47.8 Å². The fraction of sp³-hybridized carbons (Fsp3) is 0.414. The van der Waals surface area contributed by atoms with E-state index >= 15 is 0 Å². The highest BCUT2D eigenvalue weighted by atomic mass is 35.5. The number of aliphatic carboxylic acids is 1. The number of piperazine rings is 1. The van der Waals surface area contributed by atoms with Crippen LogP contribution in [0.3, 0.4) is 0 Å². The maximum absolute atomic E-state index is 13.5. The van der Waals surface area contributed by atoms with E-state index in [0.29, 0.717) is 41.9 Å². The van der Waals surface area contributed by atoms with Crippen LogP contribution in [0.2, 0.25) is 10.0 Å². The van der Waals surface area contributed by atoms with E-state index in [2.05, 4.69) is 16.4 Å². The number of anilines is 1. The van der Waals surface area contributed by atoms with Crippen molar-refractivity contribution in [2.24, 2.45) is 0 Å². The molecule has 7 nitrogen and oxygen atoms in total. The average molecular weight is 590 g/mol. The molecule has 0 bridgehead atoms. The number of nitrogens with zero attached hydrogens (tertiary/aromatic N) is 4. The van der Waals surface area contributed by atoms with Crippen LogP contribution in [0.15, 0.2) is 53.6 Å². The molecule has 0 saturated carbocycles. The van der Waals surface area contributed by atoms with Gasteiger partial charge >= 0.3 is 5.97 Å². The lowest BCUT2D eigenvalue weighted by Crippen LogP contribution is -2.48. The number of aryl methyl sites for hydroxylation is 1. The molecule has 3 aromatic rings. The van der Waals surface area contributed by atoms with E-state index in [1.807, 2.05) is 47.5 Å². The van der Waals surface area contributed by atoms with Gasteiger partial charge in [-0.25, -0.2) is 4.98 Å². The van der Waals surface area contributed by atoms with Crippen molar-refractivity contribution in [2.75, 3.05) is 31.1 Å². The first-order valence-corrected chi connectivity index (χ1v) is 14.8. The molecule has 1 amide bonds. The number of imidazole rings is 1. The number of hydrogen-bond donors (Lipinski definition) is 1. The van der Waals surface area contributed by atoms with Crippen LogP contribution in [-0.4, -0.2) is 62.4 Å². The molecule has 1 N–H and O–H groups in total. The fourth-order valence-electron chi connectivity index (χ4n) is 4.47. The van der Waals surface area contributed by atoms with Gasteiger partial charge < -0.3 is 19.5 Å². The Balaban J connectivity index is 1.50. The van der Waals surface area contributed by atoms with Crippen LogP contribution < -0.4 is 4.90 Å². The molecular weight excluding hydrogens is 555 g/mol. The zero-order chi connectivity index (χ0) is 28.2. The third-order valence-corrected chi connectivity index (χ3v) is 8.77. The molecule has 1 fully saturated rings. The van der Waals surface area contributed by atoms with Crippen LogP contribution in [0.1, 0.15) is 50.5 Å². The Bertz CT molecular complexity index is 1320. The van der Waals surface area contributed by atoms with Crippen molar-refractivity contribution in [2.45, 2.75) is 56.2 Å². The van der Waals surface area contributed by atoms with Crippen LogP contribution in [0, 0.1) is 0 Å². The number of unbranched alkanes of at least 4 members (excludes halogenated alkanes) is 2. The van der Waals surface area contributed by atoms with Gasteiger partial charge in [-0.05, 0) is 50.6 Å². The third kappa shape index (κ3) is 7.10. The number of carboxylic acids is 1. The number of amides is 1. The van der Waals surface area contributed by atoms with Gasteiger partial charge in [0.15, 0.2) is 0 Å². The second-order valence-corrected chi connectivity index (χ2v) is 12.7. The maximum atomic E-state index is 13.5. The molecule has 39 heavy (non-hydrogen) atoms. The minimum atomic E-state index is -0.927. The minimum absolute atomic E-state index is 0.0744. The number of rotatable bonds is 10. The summed E-state index contributed by atoms with van der Waals surface area (Å²) in [5, 5.41) is 10.5. The second kappa shape index (κ2) is 12.7. The van der Waals surface area contributed by atoms with E-state index in [1.54, 1.807) is 19.9 Å². The number of carboxylic acid groups (broad SMARTS) is 1. The number of halogens is 2. The summed E-state index contributed by atoms with van der Waals surface area (Å²) < 4.78 is 1.14.